The first-order valence-corrected chi connectivity index (χ1v) is 6.76. The third-order valence-corrected chi connectivity index (χ3v) is 4.21. The molecule has 0 spiro atoms. The number of alkyl halides is 3. The Hall–Kier alpha value is -0.550. The Labute approximate surface area is 103 Å². The van der Waals surface area contributed by atoms with Gasteiger partial charge >= 0.3 is 6.18 Å². The number of halogens is 3. The fourth-order valence-corrected chi connectivity index (χ4v) is 2.94. The molecule has 17 heavy (non-hydrogen) atoms. The predicted molar refractivity (Wildman–Crippen MR) is 63.0 cm³/mol. The van der Waals surface area contributed by atoms with Crippen molar-refractivity contribution >= 4 is 11.3 Å². The standard InChI is InChI=1S/C12H16F3NS/c13-12(14,15)9-3-5-10(6-4-9)16-8-11-2-1-7-17-11/h1-2,7,9-10,16H,3-6,8H2. The van der Waals surface area contributed by atoms with Crippen molar-refractivity contribution in [1.29, 1.82) is 0 Å². The number of nitrogens with one attached hydrogen (secondary N) is 1. The molecular weight excluding hydrogens is 247 g/mol. The SMILES string of the molecule is FC(F)(F)C1CCC(NCc2cccs2)CC1. The summed E-state index contributed by atoms with van der Waals surface area (Å²) in [4.78, 5) is 1.24. The summed E-state index contributed by atoms with van der Waals surface area (Å²) >= 11 is 1.67. The molecule has 1 aromatic heterocycles. The summed E-state index contributed by atoms with van der Waals surface area (Å²) in [5.41, 5.74) is 0. The lowest BCUT2D eigenvalue weighted by atomic mass is 9.85. The molecule has 0 aliphatic heterocycles. The summed E-state index contributed by atoms with van der Waals surface area (Å²) < 4.78 is 37.4. The fraction of sp³-hybridized carbons (Fsp3) is 0.667. The maximum Gasteiger partial charge on any atom is 0.391 e. The van der Waals surface area contributed by atoms with Crippen molar-refractivity contribution in [3.05, 3.63) is 22.4 Å². The Morgan fingerprint density at radius 2 is 1.94 bits per heavy atom. The molecule has 0 atom stereocenters. The maximum absolute atomic E-state index is 12.5. The number of hydrogen-bond donors (Lipinski definition) is 1. The topological polar surface area (TPSA) is 12.0 Å². The summed E-state index contributed by atoms with van der Waals surface area (Å²) in [6.07, 6.45) is -2.19. The first kappa shape index (κ1) is 12.9. The monoisotopic (exact) mass is 263 g/mol. The van der Waals surface area contributed by atoms with Crippen LogP contribution in [0.15, 0.2) is 17.5 Å². The van der Waals surface area contributed by atoms with Crippen LogP contribution in [-0.2, 0) is 6.54 Å². The van der Waals surface area contributed by atoms with E-state index < -0.39 is 12.1 Å². The summed E-state index contributed by atoms with van der Waals surface area (Å²) in [6, 6.07) is 4.28. The van der Waals surface area contributed by atoms with Gasteiger partial charge in [-0.15, -0.1) is 11.3 Å². The van der Waals surface area contributed by atoms with Gasteiger partial charge in [0.15, 0.2) is 0 Å². The van der Waals surface area contributed by atoms with Crippen molar-refractivity contribution in [3.8, 4) is 0 Å². The zero-order valence-corrected chi connectivity index (χ0v) is 10.3. The highest BCUT2D eigenvalue weighted by atomic mass is 32.1. The van der Waals surface area contributed by atoms with Gasteiger partial charge in [-0.25, -0.2) is 0 Å². The van der Waals surface area contributed by atoms with Crippen LogP contribution in [0.4, 0.5) is 13.2 Å². The molecule has 1 heterocycles. The van der Waals surface area contributed by atoms with E-state index in [0.29, 0.717) is 12.8 Å². The van der Waals surface area contributed by atoms with Crippen LogP contribution in [-0.4, -0.2) is 12.2 Å². The molecule has 1 fully saturated rings. The molecule has 0 unspecified atom stereocenters. The summed E-state index contributed by atoms with van der Waals surface area (Å²) in [7, 11) is 0. The van der Waals surface area contributed by atoms with Crippen LogP contribution in [0.1, 0.15) is 30.6 Å². The molecule has 1 aromatic rings. The third kappa shape index (κ3) is 3.71. The molecule has 0 amide bonds. The van der Waals surface area contributed by atoms with Crippen LogP contribution in [0.2, 0.25) is 0 Å². The van der Waals surface area contributed by atoms with Gasteiger partial charge in [0.2, 0.25) is 0 Å². The molecule has 1 N–H and O–H groups in total. The molecule has 0 radical (unpaired) electrons. The van der Waals surface area contributed by atoms with Crippen molar-refractivity contribution in [1.82, 2.24) is 5.32 Å². The Morgan fingerprint density at radius 1 is 1.24 bits per heavy atom. The van der Waals surface area contributed by atoms with Crippen LogP contribution < -0.4 is 5.32 Å². The number of hydrogen-bond acceptors (Lipinski definition) is 2. The highest BCUT2D eigenvalue weighted by Crippen LogP contribution is 2.37. The van der Waals surface area contributed by atoms with Crippen LogP contribution in [0.3, 0.4) is 0 Å². The molecule has 0 saturated heterocycles. The fourth-order valence-electron chi connectivity index (χ4n) is 2.28. The summed E-state index contributed by atoms with van der Waals surface area (Å²) in [5, 5.41) is 5.35. The number of rotatable bonds is 3. The van der Waals surface area contributed by atoms with E-state index in [2.05, 4.69) is 5.32 Å². The Balaban J connectivity index is 1.72. The van der Waals surface area contributed by atoms with E-state index in [4.69, 9.17) is 0 Å². The zero-order chi connectivity index (χ0) is 12.3. The molecule has 5 heteroatoms. The lowest BCUT2D eigenvalue weighted by Gasteiger charge is -2.30. The highest BCUT2D eigenvalue weighted by molar-refractivity contribution is 7.09. The van der Waals surface area contributed by atoms with Crippen LogP contribution in [0.5, 0.6) is 0 Å². The van der Waals surface area contributed by atoms with Gasteiger partial charge in [-0.05, 0) is 37.1 Å². The molecule has 1 aliphatic rings. The minimum Gasteiger partial charge on any atom is -0.309 e. The van der Waals surface area contributed by atoms with Crippen LogP contribution >= 0.6 is 11.3 Å². The van der Waals surface area contributed by atoms with Crippen LogP contribution in [0, 0.1) is 5.92 Å². The molecule has 2 rings (SSSR count). The van der Waals surface area contributed by atoms with E-state index in [1.54, 1.807) is 11.3 Å². The van der Waals surface area contributed by atoms with Crippen LogP contribution in [0.25, 0.3) is 0 Å². The molecule has 1 nitrogen and oxygen atoms in total. The van der Waals surface area contributed by atoms with Crippen molar-refractivity contribution in [3.63, 3.8) is 0 Å². The van der Waals surface area contributed by atoms with Gasteiger partial charge in [0, 0.05) is 17.5 Å². The van der Waals surface area contributed by atoms with Gasteiger partial charge in [0.25, 0.3) is 0 Å². The first-order chi connectivity index (χ1) is 8.05. The minimum atomic E-state index is -4.00. The Bertz CT molecular complexity index is 326. The van der Waals surface area contributed by atoms with E-state index in [1.165, 1.54) is 4.88 Å². The van der Waals surface area contributed by atoms with Crippen molar-refractivity contribution in [2.45, 2.75) is 44.4 Å². The first-order valence-electron chi connectivity index (χ1n) is 5.88. The minimum absolute atomic E-state index is 0.246. The van der Waals surface area contributed by atoms with Crippen molar-refractivity contribution in [2.24, 2.45) is 5.92 Å². The summed E-state index contributed by atoms with van der Waals surface area (Å²) in [6.45, 7) is 0.777. The molecule has 96 valence electrons. The quantitative estimate of drug-likeness (QED) is 0.870. The van der Waals surface area contributed by atoms with Gasteiger partial charge in [0.05, 0.1) is 5.92 Å². The predicted octanol–water partition coefficient (Wildman–Crippen LogP) is 3.96. The average Bonchev–Trinajstić information content (AvgIpc) is 2.78. The highest BCUT2D eigenvalue weighted by Gasteiger charge is 2.41. The lowest BCUT2D eigenvalue weighted by Crippen LogP contribution is -2.36. The lowest BCUT2D eigenvalue weighted by molar-refractivity contribution is -0.182. The average molecular weight is 263 g/mol. The van der Waals surface area contributed by atoms with E-state index >= 15 is 0 Å². The summed E-state index contributed by atoms with van der Waals surface area (Å²) in [5.74, 6) is -1.08. The molecule has 1 saturated carbocycles. The largest absolute Gasteiger partial charge is 0.391 e. The van der Waals surface area contributed by atoms with E-state index in [9.17, 15) is 13.2 Å². The van der Waals surface area contributed by atoms with Gasteiger partial charge in [0.1, 0.15) is 0 Å². The van der Waals surface area contributed by atoms with Gasteiger partial charge in [-0.1, -0.05) is 6.07 Å². The van der Waals surface area contributed by atoms with E-state index in [-0.39, 0.29) is 18.9 Å². The molecule has 1 aliphatic carbocycles. The van der Waals surface area contributed by atoms with E-state index in [0.717, 1.165) is 6.54 Å². The maximum atomic E-state index is 12.5. The Morgan fingerprint density at radius 3 is 2.47 bits per heavy atom. The van der Waals surface area contributed by atoms with Gasteiger partial charge in [-0.2, -0.15) is 13.2 Å². The van der Waals surface area contributed by atoms with Gasteiger partial charge < -0.3 is 5.32 Å². The zero-order valence-electron chi connectivity index (χ0n) is 9.46. The molecular formula is C12H16F3NS. The van der Waals surface area contributed by atoms with E-state index in [1.807, 2.05) is 17.5 Å². The second-order valence-electron chi connectivity index (χ2n) is 4.55. The van der Waals surface area contributed by atoms with Crippen molar-refractivity contribution in [2.75, 3.05) is 0 Å². The normalized spacial score (nSPS) is 26.1. The smallest absolute Gasteiger partial charge is 0.309 e. The van der Waals surface area contributed by atoms with Crippen molar-refractivity contribution < 1.29 is 13.2 Å². The second-order valence-corrected chi connectivity index (χ2v) is 5.58. The Kier molecular flexibility index (Phi) is 4.09. The second kappa shape index (κ2) is 5.40. The number of thiophene rings is 1. The molecule has 0 aromatic carbocycles. The van der Waals surface area contributed by atoms with Gasteiger partial charge in [-0.3, -0.25) is 0 Å². The third-order valence-electron chi connectivity index (χ3n) is 3.34. The molecule has 0 bridgehead atoms.